The lowest BCUT2D eigenvalue weighted by Gasteiger charge is -2.15. The van der Waals surface area contributed by atoms with Gasteiger partial charge in [0.05, 0.1) is 18.6 Å². The van der Waals surface area contributed by atoms with Crippen molar-refractivity contribution in [2.24, 2.45) is 0 Å². The van der Waals surface area contributed by atoms with Gasteiger partial charge in [0.25, 0.3) is 0 Å². The molecule has 0 aromatic heterocycles. The van der Waals surface area contributed by atoms with Crippen molar-refractivity contribution in [2.45, 2.75) is 31.2 Å². The predicted octanol–water partition coefficient (Wildman–Crippen LogP) is 2.93. The van der Waals surface area contributed by atoms with Crippen LogP contribution in [-0.4, -0.2) is 22.1 Å². The fourth-order valence-electron chi connectivity index (χ4n) is 2.25. The van der Waals surface area contributed by atoms with Gasteiger partial charge in [-0.05, 0) is 36.8 Å². The van der Waals surface area contributed by atoms with Crippen LogP contribution in [0.5, 0.6) is 11.5 Å². The third kappa shape index (κ3) is 5.11. The van der Waals surface area contributed by atoms with Crippen molar-refractivity contribution in [1.82, 2.24) is 4.72 Å². The first kappa shape index (κ1) is 19.1. The van der Waals surface area contributed by atoms with Gasteiger partial charge >= 0.3 is 0 Å². The third-order valence-electron chi connectivity index (χ3n) is 3.67. The molecule has 0 atom stereocenters. The van der Waals surface area contributed by atoms with Gasteiger partial charge in [-0.15, -0.1) is 0 Å². The Labute approximate surface area is 149 Å². The average Bonchev–Trinajstić information content (AvgIpc) is 2.61. The Bertz CT molecular complexity index is 789. The fraction of sp³-hybridized carbons (Fsp3) is 0.333. The minimum Gasteiger partial charge on any atom is -0.493 e. The van der Waals surface area contributed by atoms with Crippen LogP contribution in [0.3, 0.4) is 0 Å². The monoisotopic (exact) mass is 364 g/mol. The molecule has 2 aromatic rings. The molecule has 0 heterocycles. The molecular formula is C18H24N2O4S. The van der Waals surface area contributed by atoms with Gasteiger partial charge in [-0.25, -0.2) is 13.1 Å². The summed E-state index contributed by atoms with van der Waals surface area (Å²) in [6, 6.07) is 11.5. The van der Waals surface area contributed by atoms with Crippen LogP contribution in [-0.2, 0) is 16.6 Å². The maximum atomic E-state index is 12.4. The number of hydrogen-bond acceptors (Lipinski definition) is 5. The van der Waals surface area contributed by atoms with Crippen molar-refractivity contribution in [3.8, 4) is 11.5 Å². The fourth-order valence-corrected chi connectivity index (χ4v) is 3.25. The average molecular weight is 364 g/mol. The molecule has 0 amide bonds. The molecule has 0 spiro atoms. The molecule has 0 radical (unpaired) electrons. The van der Waals surface area contributed by atoms with Gasteiger partial charge < -0.3 is 15.2 Å². The molecule has 0 saturated carbocycles. The van der Waals surface area contributed by atoms with E-state index in [0.717, 1.165) is 18.4 Å². The van der Waals surface area contributed by atoms with Crippen molar-refractivity contribution in [3.63, 3.8) is 0 Å². The van der Waals surface area contributed by atoms with Crippen molar-refractivity contribution >= 4 is 15.7 Å². The minimum absolute atomic E-state index is 0.103. The Kier molecular flexibility index (Phi) is 6.66. The lowest BCUT2D eigenvalue weighted by atomic mass is 10.2. The number of anilines is 1. The molecule has 0 fully saturated rings. The number of methoxy groups -OCH3 is 1. The van der Waals surface area contributed by atoms with Crippen molar-refractivity contribution < 1.29 is 17.9 Å². The summed E-state index contributed by atoms with van der Waals surface area (Å²) in [6.45, 7) is 2.73. The maximum absolute atomic E-state index is 12.4. The first-order chi connectivity index (χ1) is 12.0. The van der Waals surface area contributed by atoms with E-state index in [4.69, 9.17) is 15.2 Å². The second-order valence-electron chi connectivity index (χ2n) is 5.54. The van der Waals surface area contributed by atoms with Crippen LogP contribution < -0.4 is 19.9 Å². The zero-order chi connectivity index (χ0) is 18.3. The van der Waals surface area contributed by atoms with Gasteiger partial charge in [-0.1, -0.05) is 25.5 Å². The highest BCUT2D eigenvalue weighted by molar-refractivity contribution is 7.89. The standard InChI is InChI=1S/C18H24N2O4S/c1-3-4-12-24-18-14(6-5-7-17(18)23-2)13-20-25(21,22)16-10-8-15(19)9-11-16/h5-11,20H,3-4,12-13,19H2,1-2H3. The Hall–Kier alpha value is -2.25. The highest BCUT2D eigenvalue weighted by Gasteiger charge is 2.16. The molecule has 2 rings (SSSR count). The molecule has 25 heavy (non-hydrogen) atoms. The molecule has 0 bridgehead atoms. The summed E-state index contributed by atoms with van der Waals surface area (Å²) in [5, 5.41) is 0. The summed E-state index contributed by atoms with van der Waals surface area (Å²) in [4.78, 5) is 0.165. The number of unbranched alkanes of at least 4 members (excludes halogenated alkanes) is 1. The summed E-state index contributed by atoms with van der Waals surface area (Å²) in [5.74, 6) is 1.15. The number of rotatable bonds is 9. The van der Waals surface area contributed by atoms with Crippen molar-refractivity contribution in [3.05, 3.63) is 48.0 Å². The van der Waals surface area contributed by atoms with Gasteiger partial charge in [0.2, 0.25) is 10.0 Å². The van der Waals surface area contributed by atoms with E-state index < -0.39 is 10.0 Å². The van der Waals surface area contributed by atoms with E-state index in [1.807, 2.05) is 6.07 Å². The summed E-state index contributed by atoms with van der Waals surface area (Å²) in [5.41, 5.74) is 6.83. The van der Waals surface area contributed by atoms with Gasteiger partial charge in [0.1, 0.15) is 0 Å². The number of sulfonamides is 1. The highest BCUT2D eigenvalue weighted by atomic mass is 32.2. The molecule has 136 valence electrons. The molecule has 7 heteroatoms. The van der Waals surface area contributed by atoms with E-state index in [9.17, 15) is 8.42 Å². The van der Waals surface area contributed by atoms with E-state index >= 15 is 0 Å². The van der Waals surface area contributed by atoms with Crippen LogP contribution in [0, 0.1) is 0 Å². The molecule has 0 aliphatic carbocycles. The second kappa shape index (κ2) is 8.73. The Morgan fingerprint density at radius 2 is 1.84 bits per heavy atom. The number of para-hydroxylation sites is 1. The SMILES string of the molecule is CCCCOc1c(CNS(=O)(=O)c2ccc(N)cc2)cccc1OC. The van der Waals surface area contributed by atoms with Crippen LogP contribution in [0.4, 0.5) is 5.69 Å². The van der Waals surface area contributed by atoms with E-state index in [1.54, 1.807) is 31.4 Å². The Morgan fingerprint density at radius 3 is 2.48 bits per heavy atom. The lowest BCUT2D eigenvalue weighted by Crippen LogP contribution is -2.23. The number of benzene rings is 2. The molecule has 0 saturated heterocycles. The van der Waals surface area contributed by atoms with Crippen LogP contribution in [0.1, 0.15) is 25.3 Å². The number of nitrogens with one attached hydrogen (secondary N) is 1. The van der Waals surface area contributed by atoms with E-state index in [-0.39, 0.29) is 11.4 Å². The number of ether oxygens (including phenoxy) is 2. The molecule has 6 nitrogen and oxygen atoms in total. The van der Waals surface area contributed by atoms with Crippen molar-refractivity contribution in [2.75, 3.05) is 19.5 Å². The molecule has 0 aliphatic rings. The molecule has 0 aliphatic heterocycles. The topological polar surface area (TPSA) is 90.7 Å². The van der Waals surface area contributed by atoms with Crippen LogP contribution >= 0.6 is 0 Å². The van der Waals surface area contributed by atoms with Gasteiger partial charge in [-0.3, -0.25) is 0 Å². The van der Waals surface area contributed by atoms with Crippen molar-refractivity contribution in [1.29, 1.82) is 0 Å². The third-order valence-corrected chi connectivity index (χ3v) is 5.08. The minimum atomic E-state index is -3.64. The largest absolute Gasteiger partial charge is 0.493 e. The van der Waals surface area contributed by atoms with Gasteiger partial charge in [0, 0.05) is 17.8 Å². The summed E-state index contributed by atoms with van der Waals surface area (Å²) in [7, 11) is -2.08. The van der Waals surface area contributed by atoms with E-state index in [1.165, 1.54) is 12.1 Å². The van der Waals surface area contributed by atoms with Gasteiger partial charge in [0.15, 0.2) is 11.5 Å². The normalized spacial score (nSPS) is 11.3. The summed E-state index contributed by atoms with van der Waals surface area (Å²) in [6.07, 6.45) is 1.92. The zero-order valence-corrected chi connectivity index (χ0v) is 15.3. The number of nitrogen functional groups attached to an aromatic ring is 1. The molecular weight excluding hydrogens is 340 g/mol. The highest BCUT2D eigenvalue weighted by Crippen LogP contribution is 2.31. The first-order valence-electron chi connectivity index (χ1n) is 8.12. The van der Waals surface area contributed by atoms with Crippen LogP contribution in [0.25, 0.3) is 0 Å². The second-order valence-corrected chi connectivity index (χ2v) is 7.31. The summed E-state index contributed by atoms with van der Waals surface area (Å²) >= 11 is 0. The number of hydrogen-bond donors (Lipinski definition) is 2. The predicted molar refractivity (Wildman–Crippen MR) is 98.3 cm³/mol. The molecule has 3 N–H and O–H groups in total. The number of nitrogens with two attached hydrogens (primary N) is 1. The van der Waals surface area contributed by atoms with E-state index in [0.29, 0.717) is 23.8 Å². The van der Waals surface area contributed by atoms with Crippen LogP contribution in [0.15, 0.2) is 47.4 Å². The van der Waals surface area contributed by atoms with Gasteiger partial charge in [-0.2, -0.15) is 0 Å². The smallest absolute Gasteiger partial charge is 0.240 e. The lowest BCUT2D eigenvalue weighted by molar-refractivity contribution is 0.285. The zero-order valence-electron chi connectivity index (χ0n) is 14.5. The molecule has 2 aromatic carbocycles. The molecule has 0 unspecified atom stereocenters. The Balaban J connectivity index is 2.17. The van der Waals surface area contributed by atoms with E-state index in [2.05, 4.69) is 11.6 Å². The quantitative estimate of drug-likeness (QED) is 0.527. The Morgan fingerprint density at radius 1 is 1.12 bits per heavy atom. The summed E-state index contributed by atoms with van der Waals surface area (Å²) < 4.78 is 38.6. The first-order valence-corrected chi connectivity index (χ1v) is 9.60. The maximum Gasteiger partial charge on any atom is 0.240 e. The van der Waals surface area contributed by atoms with Crippen LogP contribution in [0.2, 0.25) is 0 Å².